The molecule has 0 aliphatic rings. The van der Waals surface area contributed by atoms with Crippen LogP contribution in [0, 0.1) is 5.82 Å². The molecule has 3 rings (SSSR count). The summed E-state index contributed by atoms with van der Waals surface area (Å²) in [5.74, 6) is -0.385. The van der Waals surface area contributed by atoms with Gasteiger partial charge in [0.05, 0.1) is 10.2 Å². The van der Waals surface area contributed by atoms with Crippen LogP contribution in [0.25, 0.3) is 22.3 Å². The summed E-state index contributed by atoms with van der Waals surface area (Å²) < 4.78 is 37.6. The molecule has 5 nitrogen and oxygen atoms in total. The first-order valence-electron chi connectivity index (χ1n) is 6.14. The normalized spacial score (nSPS) is 11.8. The highest BCUT2D eigenvalue weighted by Crippen LogP contribution is 2.34. The molecular weight excluding hydrogens is 373 g/mol. The van der Waals surface area contributed by atoms with Crippen LogP contribution in [0.3, 0.4) is 0 Å². The second-order valence-electron chi connectivity index (χ2n) is 4.61. The highest BCUT2D eigenvalue weighted by Gasteiger charge is 2.21. The molecule has 0 spiro atoms. The number of nitrogens with zero attached hydrogens (tertiary/aromatic N) is 3. The van der Waals surface area contributed by atoms with Gasteiger partial charge in [0, 0.05) is 24.2 Å². The summed E-state index contributed by atoms with van der Waals surface area (Å²) in [6.45, 7) is 0. The predicted octanol–water partition coefficient (Wildman–Crippen LogP) is 3.00. The van der Waals surface area contributed by atoms with Crippen LogP contribution < -0.4 is 0 Å². The fraction of sp³-hybridized carbons (Fsp3) is 0.0714. The van der Waals surface area contributed by atoms with E-state index in [2.05, 4.69) is 30.9 Å². The maximum absolute atomic E-state index is 13.1. The first kappa shape index (κ1) is 15.0. The fourth-order valence-corrected chi connectivity index (χ4v) is 3.39. The summed E-state index contributed by atoms with van der Waals surface area (Å²) in [4.78, 5) is 12.4. The van der Waals surface area contributed by atoms with E-state index in [1.165, 1.54) is 36.7 Å². The molecule has 22 heavy (non-hydrogen) atoms. The zero-order chi connectivity index (χ0) is 15.9. The van der Waals surface area contributed by atoms with Gasteiger partial charge in [-0.05, 0) is 40.2 Å². The maximum atomic E-state index is 13.1. The van der Waals surface area contributed by atoms with E-state index < -0.39 is 9.84 Å². The van der Waals surface area contributed by atoms with Crippen molar-refractivity contribution in [2.45, 2.75) is 5.03 Å². The van der Waals surface area contributed by atoms with E-state index in [0.29, 0.717) is 21.2 Å². The smallest absolute Gasteiger partial charge is 0.195 e. The van der Waals surface area contributed by atoms with E-state index in [4.69, 9.17) is 0 Å². The van der Waals surface area contributed by atoms with Crippen molar-refractivity contribution in [1.29, 1.82) is 0 Å². The van der Waals surface area contributed by atoms with Gasteiger partial charge in [-0.1, -0.05) is 0 Å². The number of hydrogen-bond donors (Lipinski definition) is 0. The lowest BCUT2D eigenvalue weighted by molar-refractivity contribution is 0.599. The van der Waals surface area contributed by atoms with Crippen molar-refractivity contribution >= 4 is 36.8 Å². The topological polar surface area (TPSA) is 72.8 Å². The standard InChI is InChI=1S/C14H9BrFN3O2S/c1-22(20,21)14-13-12(17-6-7-18-13)10(15)11(19-14)8-2-4-9(16)5-3-8/h2-7H,1H3. The molecule has 0 bridgehead atoms. The third-order valence-corrected chi connectivity index (χ3v) is 4.74. The molecule has 0 amide bonds. The minimum absolute atomic E-state index is 0.155. The Morgan fingerprint density at radius 2 is 1.64 bits per heavy atom. The van der Waals surface area contributed by atoms with Crippen LogP contribution in [0.15, 0.2) is 46.2 Å². The van der Waals surface area contributed by atoms with Gasteiger partial charge in [0.1, 0.15) is 16.9 Å². The molecule has 2 aromatic heterocycles. The Balaban J connectivity index is 2.41. The molecule has 0 aliphatic carbocycles. The molecule has 2 heterocycles. The number of sulfone groups is 1. The first-order valence-corrected chi connectivity index (χ1v) is 8.82. The Labute approximate surface area is 134 Å². The van der Waals surface area contributed by atoms with Crippen molar-refractivity contribution in [1.82, 2.24) is 15.0 Å². The number of hydrogen-bond acceptors (Lipinski definition) is 5. The van der Waals surface area contributed by atoms with E-state index in [1.54, 1.807) is 0 Å². The maximum Gasteiger partial charge on any atom is 0.195 e. The summed E-state index contributed by atoms with van der Waals surface area (Å²) in [7, 11) is -3.59. The SMILES string of the molecule is CS(=O)(=O)c1nc(-c2ccc(F)cc2)c(Br)c2nccnc12. The summed E-state index contributed by atoms with van der Waals surface area (Å²) in [5, 5.41) is -0.155. The van der Waals surface area contributed by atoms with Crippen LogP contribution in [0.2, 0.25) is 0 Å². The average molecular weight is 382 g/mol. The van der Waals surface area contributed by atoms with Crippen molar-refractivity contribution in [2.24, 2.45) is 0 Å². The molecule has 0 saturated heterocycles. The quantitative estimate of drug-likeness (QED) is 0.682. The second kappa shape index (κ2) is 5.36. The zero-order valence-corrected chi connectivity index (χ0v) is 13.7. The van der Waals surface area contributed by atoms with Gasteiger partial charge < -0.3 is 0 Å². The van der Waals surface area contributed by atoms with E-state index in [9.17, 15) is 12.8 Å². The number of halogens is 2. The van der Waals surface area contributed by atoms with Crippen molar-refractivity contribution < 1.29 is 12.8 Å². The van der Waals surface area contributed by atoms with Crippen LogP contribution in [0.1, 0.15) is 0 Å². The van der Waals surface area contributed by atoms with E-state index in [0.717, 1.165) is 6.26 Å². The van der Waals surface area contributed by atoms with Gasteiger partial charge in [-0.3, -0.25) is 4.98 Å². The lowest BCUT2D eigenvalue weighted by Crippen LogP contribution is -2.05. The average Bonchev–Trinajstić information content (AvgIpc) is 2.48. The Morgan fingerprint density at radius 1 is 1.05 bits per heavy atom. The lowest BCUT2D eigenvalue weighted by Gasteiger charge is -2.10. The minimum Gasteiger partial charge on any atom is -0.252 e. The van der Waals surface area contributed by atoms with E-state index in [1.807, 2.05) is 0 Å². The summed E-state index contributed by atoms with van der Waals surface area (Å²) in [6.07, 6.45) is 3.93. The van der Waals surface area contributed by atoms with Gasteiger partial charge >= 0.3 is 0 Å². The number of pyridine rings is 1. The third-order valence-electron chi connectivity index (χ3n) is 3.00. The van der Waals surface area contributed by atoms with Gasteiger partial charge in [-0.25, -0.2) is 22.8 Å². The number of aromatic nitrogens is 3. The van der Waals surface area contributed by atoms with Crippen LogP contribution in [0.4, 0.5) is 4.39 Å². The largest absolute Gasteiger partial charge is 0.252 e. The fourth-order valence-electron chi connectivity index (χ4n) is 2.03. The van der Waals surface area contributed by atoms with Gasteiger partial charge in [-0.2, -0.15) is 0 Å². The first-order chi connectivity index (χ1) is 10.4. The third kappa shape index (κ3) is 2.59. The Morgan fingerprint density at radius 3 is 2.23 bits per heavy atom. The number of benzene rings is 1. The van der Waals surface area contributed by atoms with Crippen molar-refractivity contribution in [3.63, 3.8) is 0 Å². The molecule has 0 radical (unpaired) electrons. The summed E-state index contributed by atoms with van der Waals surface area (Å²) in [6, 6.07) is 5.61. The van der Waals surface area contributed by atoms with E-state index in [-0.39, 0.29) is 16.4 Å². The molecule has 112 valence electrons. The monoisotopic (exact) mass is 381 g/mol. The van der Waals surface area contributed by atoms with Crippen LogP contribution in [-0.2, 0) is 9.84 Å². The Bertz CT molecular complexity index is 975. The molecule has 0 saturated carbocycles. The Hall–Kier alpha value is -1.93. The van der Waals surface area contributed by atoms with Crippen LogP contribution in [0.5, 0.6) is 0 Å². The lowest BCUT2D eigenvalue weighted by atomic mass is 10.1. The van der Waals surface area contributed by atoms with Crippen LogP contribution in [-0.4, -0.2) is 29.6 Å². The number of fused-ring (bicyclic) bond motifs is 1. The van der Waals surface area contributed by atoms with E-state index >= 15 is 0 Å². The molecule has 0 aliphatic heterocycles. The molecule has 0 fully saturated rings. The second-order valence-corrected chi connectivity index (χ2v) is 7.34. The van der Waals surface area contributed by atoms with Crippen molar-refractivity contribution in [3.8, 4) is 11.3 Å². The Kier molecular flexibility index (Phi) is 3.65. The van der Waals surface area contributed by atoms with Gasteiger partial charge in [0.2, 0.25) is 0 Å². The van der Waals surface area contributed by atoms with Gasteiger partial charge in [0.15, 0.2) is 14.9 Å². The molecule has 0 unspecified atom stereocenters. The van der Waals surface area contributed by atoms with Crippen LogP contribution >= 0.6 is 15.9 Å². The summed E-state index contributed by atoms with van der Waals surface area (Å²) >= 11 is 3.38. The molecular formula is C14H9BrFN3O2S. The highest BCUT2D eigenvalue weighted by molar-refractivity contribution is 9.10. The zero-order valence-electron chi connectivity index (χ0n) is 11.3. The van der Waals surface area contributed by atoms with Gasteiger partial charge in [-0.15, -0.1) is 0 Å². The molecule has 1 aromatic carbocycles. The van der Waals surface area contributed by atoms with Gasteiger partial charge in [0.25, 0.3) is 0 Å². The minimum atomic E-state index is -3.59. The predicted molar refractivity (Wildman–Crippen MR) is 83.5 cm³/mol. The number of rotatable bonds is 2. The molecule has 0 atom stereocenters. The molecule has 0 N–H and O–H groups in total. The molecule has 3 aromatic rings. The van der Waals surface area contributed by atoms with Crippen molar-refractivity contribution in [3.05, 3.63) is 46.9 Å². The van der Waals surface area contributed by atoms with Crippen molar-refractivity contribution in [2.75, 3.05) is 6.26 Å². The molecule has 8 heteroatoms. The highest BCUT2D eigenvalue weighted by atomic mass is 79.9. The summed E-state index contributed by atoms with van der Waals surface area (Å²) in [5.41, 5.74) is 1.53.